The molecule has 0 atom stereocenters. The molecule has 2 aromatic rings. The highest BCUT2D eigenvalue weighted by Gasteiger charge is 2.10. The highest BCUT2D eigenvalue weighted by molar-refractivity contribution is 7.98. The number of amides is 3. The fraction of sp³-hybridized carbons (Fsp3) is 0.333. The van der Waals surface area contributed by atoms with Crippen LogP contribution < -0.4 is 10.6 Å². The van der Waals surface area contributed by atoms with E-state index in [0.717, 1.165) is 12.0 Å². The van der Waals surface area contributed by atoms with Gasteiger partial charge in [-0.15, -0.1) is 23.1 Å². The molecule has 0 unspecified atom stereocenters. The van der Waals surface area contributed by atoms with Gasteiger partial charge in [0.15, 0.2) is 0 Å². The first kappa shape index (κ1) is 19.5. The van der Waals surface area contributed by atoms with Gasteiger partial charge in [-0.25, -0.2) is 4.79 Å². The Morgan fingerprint density at radius 1 is 1.20 bits per heavy atom. The van der Waals surface area contributed by atoms with E-state index in [1.165, 1.54) is 9.77 Å². The molecule has 0 saturated carbocycles. The van der Waals surface area contributed by atoms with Crippen molar-refractivity contribution in [2.45, 2.75) is 17.9 Å². The summed E-state index contributed by atoms with van der Waals surface area (Å²) in [5.41, 5.74) is 1.13. The molecule has 0 aliphatic heterocycles. The minimum atomic E-state index is -0.445. The number of likely N-dealkylation sites (N-methyl/N-ethyl adjacent to an activating group) is 1. The second kappa shape index (κ2) is 10.2. The fourth-order valence-corrected chi connectivity index (χ4v) is 3.43. The van der Waals surface area contributed by atoms with Crippen molar-refractivity contribution in [3.63, 3.8) is 0 Å². The number of rotatable bonds is 8. The van der Waals surface area contributed by atoms with Crippen molar-refractivity contribution in [1.82, 2.24) is 15.5 Å². The first-order valence-electron chi connectivity index (χ1n) is 7.98. The predicted molar refractivity (Wildman–Crippen MR) is 104 cm³/mol. The number of benzene rings is 1. The number of nitrogens with zero attached hydrogens (tertiary/aromatic N) is 1. The fourth-order valence-electron chi connectivity index (χ4n) is 2.31. The molecule has 3 amide bonds. The Balaban J connectivity index is 1.66. The van der Waals surface area contributed by atoms with Gasteiger partial charge in [0.2, 0.25) is 5.91 Å². The molecule has 134 valence electrons. The average Bonchev–Trinajstić information content (AvgIpc) is 3.08. The molecule has 1 aromatic carbocycles. The number of nitrogens with one attached hydrogen (secondary N) is 2. The van der Waals surface area contributed by atoms with Crippen LogP contribution in [0.3, 0.4) is 0 Å². The normalized spacial score (nSPS) is 10.7. The van der Waals surface area contributed by atoms with E-state index >= 15 is 0 Å². The summed E-state index contributed by atoms with van der Waals surface area (Å²) in [6.45, 7) is 1.34. The minimum absolute atomic E-state index is 0.169. The van der Waals surface area contributed by atoms with Crippen molar-refractivity contribution in [3.8, 4) is 0 Å². The van der Waals surface area contributed by atoms with Gasteiger partial charge in [0.1, 0.15) is 0 Å². The van der Waals surface area contributed by atoms with Gasteiger partial charge in [0.05, 0.1) is 6.54 Å². The molecule has 2 N–H and O–H groups in total. The molecule has 0 bridgehead atoms. The van der Waals surface area contributed by atoms with E-state index in [2.05, 4.69) is 34.9 Å². The van der Waals surface area contributed by atoms with Crippen molar-refractivity contribution in [3.05, 3.63) is 52.2 Å². The molecule has 0 spiro atoms. The monoisotopic (exact) mass is 377 g/mol. The zero-order valence-electron chi connectivity index (χ0n) is 14.5. The number of thioether (sulfide) groups is 1. The van der Waals surface area contributed by atoms with Gasteiger partial charge in [0, 0.05) is 22.9 Å². The highest BCUT2D eigenvalue weighted by atomic mass is 32.2. The number of thiophene rings is 1. The summed E-state index contributed by atoms with van der Waals surface area (Å²) in [5, 5.41) is 7.07. The first-order chi connectivity index (χ1) is 12.1. The molecule has 0 saturated heterocycles. The Morgan fingerprint density at radius 3 is 2.60 bits per heavy atom. The lowest BCUT2D eigenvalue weighted by molar-refractivity contribution is -0.120. The van der Waals surface area contributed by atoms with Crippen LogP contribution in [0, 0.1) is 0 Å². The summed E-state index contributed by atoms with van der Waals surface area (Å²) in [7, 11) is 1.86. The van der Waals surface area contributed by atoms with Gasteiger partial charge in [-0.05, 0) is 48.9 Å². The van der Waals surface area contributed by atoms with E-state index in [0.29, 0.717) is 13.1 Å². The summed E-state index contributed by atoms with van der Waals surface area (Å²) in [5.74, 6) is -0.308. The lowest BCUT2D eigenvalue weighted by atomic mass is 10.2. The maximum atomic E-state index is 11.9. The van der Waals surface area contributed by atoms with Gasteiger partial charge >= 0.3 is 6.03 Å². The number of urea groups is 1. The maximum Gasteiger partial charge on any atom is 0.321 e. The molecule has 0 aliphatic carbocycles. The molecule has 0 radical (unpaired) electrons. The topological polar surface area (TPSA) is 61.4 Å². The maximum absolute atomic E-state index is 11.9. The van der Waals surface area contributed by atoms with Crippen molar-refractivity contribution in [2.75, 3.05) is 26.4 Å². The second-order valence-corrected chi connectivity index (χ2v) is 7.57. The molecule has 2 rings (SSSR count). The van der Waals surface area contributed by atoms with Crippen molar-refractivity contribution in [2.24, 2.45) is 0 Å². The first-order valence-corrected chi connectivity index (χ1v) is 10.1. The van der Waals surface area contributed by atoms with Crippen LogP contribution in [-0.4, -0.2) is 43.2 Å². The SMILES string of the molecule is CSc1ccc(CN(C)CC(=O)NC(=O)NCCc2cccs2)cc1. The Kier molecular flexibility index (Phi) is 7.97. The summed E-state index contributed by atoms with van der Waals surface area (Å²) in [6.07, 6.45) is 2.81. The Morgan fingerprint density at radius 2 is 1.96 bits per heavy atom. The summed E-state index contributed by atoms with van der Waals surface area (Å²) >= 11 is 3.35. The van der Waals surface area contributed by atoms with Gasteiger partial charge in [-0.3, -0.25) is 15.0 Å². The van der Waals surface area contributed by atoms with Crippen molar-refractivity contribution in [1.29, 1.82) is 0 Å². The van der Waals surface area contributed by atoms with Crippen LogP contribution in [0.5, 0.6) is 0 Å². The molecule has 1 heterocycles. The van der Waals surface area contributed by atoms with Crippen molar-refractivity contribution < 1.29 is 9.59 Å². The molecule has 1 aromatic heterocycles. The lowest BCUT2D eigenvalue weighted by Crippen LogP contribution is -2.44. The average molecular weight is 378 g/mol. The molecule has 25 heavy (non-hydrogen) atoms. The highest BCUT2D eigenvalue weighted by Crippen LogP contribution is 2.15. The Labute approximate surface area is 156 Å². The smallest absolute Gasteiger partial charge is 0.321 e. The quantitative estimate of drug-likeness (QED) is 0.695. The number of imide groups is 1. The van der Waals surface area contributed by atoms with E-state index < -0.39 is 6.03 Å². The van der Waals surface area contributed by atoms with E-state index in [4.69, 9.17) is 0 Å². The van der Waals surface area contributed by atoms with Crippen LogP contribution in [0.1, 0.15) is 10.4 Å². The van der Waals surface area contributed by atoms with Crippen LogP contribution in [0.2, 0.25) is 0 Å². The largest absolute Gasteiger partial charge is 0.337 e. The van der Waals surface area contributed by atoms with Crippen LogP contribution >= 0.6 is 23.1 Å². The number of carbonyl (C=O) groups is 2. The van der Waals surface area contributed by atoms with E-state index in [-0.39, 0.29) is 12.5 Å². The van der Waals surface area contributed by atoms with Crippen LogP contribution in [-0.2, 0) is 17.8 Å². The summed E-state index contributed by atoms with van der Waals surface area (Å²) < 4.78 is 0. The van der Waals surface area contributed by atoms with Crippen LogP contribution in [0.25, 0.3) is 0 Å². The summed E-state index contributed by atoms with van der Waals surface area (Å²) in [4.78, 5) is 28.0. The summed E-state index contributed by atoms with van der Waals surface area (Å²) in [6, 6.07) is 11.8. The number of carbonyl (C=O) groups excluding carboxylic acids is 2. The minimum Gasteiger partial charge on any atom is -0.337 e. The number of hydrogen-bond donors (Lipinski definition) is 2. The van der Waals surface area contributed by atoms with E-state index in [1.54, 1.807) is 23.1 Å². The standard InChI is InChI=1S/C18H23N3O2S2/c1-21(12-14-5-7-15(24-2)8-6-14)13-17(22)20-18(23)19-10-9-16-4-3-11-25-16/h3-8,11H,9-10,12-13H2,1-2H3,(H2,19,20,22,23). The second-order valence-electron chi connectivity index (χ2n) is 5.65. The van der Waals surface area contributed by atoms with Gasteiger partial charge in [-0.2, -0.15) is 0 Å². The third-order valence-corrected chi connectivity index (χ3v) is 5.19. The zero-order chi connectivity index (χ0) is 18.1. The van der Waals surface area contributed by atoms with Gasteiger partial charge < -0.3 is 5.32 Å². The number of hydrogen-bond acceptors (Lipinski definition) is 5. The Hall–Kier alpha value is -1.83. The molecular formula is C18H23N3O2S2. The Bertz CT molecular complexity index is 672. The lowest BCUT2D eigenvalue weighted by Gasteiger charge is -2.16. The van der Waals surface area contributed by atoms with Crippen LogP contribution in [0.15, 0.2) is 46.7 Å². The molecule has 5 nitrogen and oxygen atoms in total. The van der Waals surface area contributed by atoms with E-state index in [1.807, 2.05) is 35.7 Å². The van der Waals surface area contributed by atoms with Gasteiger partial charge in [-0.1, -0.05) is 18.2 Å². The molecule has 0 aliphatic rings. The predicted octanol–water partition coefficient (Wildman–Crippen LogP) is 2.97. The third-order valence-electron chi connectivity index (χ3n) is 3.52. The molecule has 7 heteroatoms. The van der Waals surface area contributed by atoms with Crippen LogP contribution in [0.4, 0.5) is 4.79 Å². The van der Waals surface area contributed by atoms with E-state index in [9.17, 15) is 9.59 Å². The molecular weight excluding hydrogens is 354 g/mol. The molecule has 0 fully saturated rings. The zero-order valence-corrected chi connectivity index (χ0v) is 16.1. The van der Waals surface area contributed by atoms with Crippen molar-refractivity contribution >= 4 is 35.0 Å². The third kappa shape index (κ3) is 7.29. The van der Waals surface area contributed by atoms with Gasteiger partial charge in [0.25, 0.3) is 0 Å².